The summed E-state index contributed by atoms with van der Waals surface area (Å²) in [5.41, 5.74) is 7.31. The summed E-state index contributed by atoms with van der Waals surface area (Å²) >= 11 is 0. The van der Waals surface area contributed by atoms with Gasteiger partial charge in [0.1, 0.15) is 12.4 Å². The van der Waals surface area contributed by atoms with E-state index in [9.17, 15) is 9.59 Å². The van der Waals surface area contributed by atoms with Crippen molar-refractivity contribution in [3.63, 3.8) is 0 Å². The molecule has 3 rings (SSSR count). The number of nitrogens with one attached hydrogen (secondary N) is 1. The summed E-state index contributed by atoms with van der Waals surface area (Å²) in [6, 6.07) is 10.6. The molecule has 7 nitrogen and oxygen atoms in total. The highest BCUT2D eigenvalue weighted by Gasteiger charge is 2.29. The van der Waals surface area contributed by atoms with Gasteiger partial charge in [0.2, 0.25) is 5.91 Å². The number of nitrogens with zero attached hydrogens (tertiary/aromatic N) is 2. The van der Waals surface area contributed by atoms with Gasteiger partial charge in [-0.05, 0) is 30.7 Å². The van der Waals surface area contributed by atoms with Crippen LogP contribution in [0.25, 0.3) is 0 Å². The number of anilines is 3. The quantitative estimate of drug-likeness (QED) is 0.891. The Labute approximate surface area is 133 Å². The first kappa shape index (κ1) is 14.8. The average Bonchev–Trinajstić information content (AvgIpc) is 2.52. The van der Waals surface area contributed by atoms with E-state index in [-0.39, 0.29) is 36.6 Å². The number of hydrogen-bond donors (Lipinski definition) is 2. The minimum Gasteiger partial charge on any atom is -0.480 e. The Hall–Kier alpha value is -3.09. The van der Waals surface area contributed by atoms with Crippen LogP contribution in [0.15, 0.2) is 36.4 Å². The van der Waals surface area contributed by atoms with Crippen molar-refractivity contribution < 1.29 is 14.3 Å². The van der Waals surface area contributed by atoms with E-state index in [1.54, 1.807) is 18.2 Å². The molecule has 1 aliphatic heterocycles. The second-order valence-electron chi connectivity index (χ2n) is 5.19. The van der Waals surface area contributed by atoms with Crippen LogP contribution in [0.1, 0.15) is 5.56 Å². The zero-order valence-corrected chi connectivity index (χ0v) is 12.6. The number of hydrogen-bond acceptors (Lipinski definition) is 5. The number of benzene rings is 1. The lowest BCUT2D eigenvalue weighted by Crippen LogP contribution is -2.44. The highest BCUT2D eigenvalue weighted by molar-refractivity contribution is 6.04. The number of pyridine rings is 1. The average molecular weight is 312 g/mol. The third-order valence-corrected chi connectivity index (χ3v) is 3.49. The van der Waals surface area contributed by atoms with Crippen molar-refractivity contribution in [1.82, 2.24) is 4.98 Å². The number of carbonyl (C=O) groups excluding carboxylic acids is 2. The molecule has 0 bridgehead atoms. The van der Waals surface area contributed by atoms with E-state index in [1.807, 2.05) is 25.1 Å². The van der Waals surface area contributed by atoms with Crippen molar-refractivity contribution in [2.75, 3.05) is 29.1 Å². The molecule has 0 saturated carbocycles. The maximum atomic E-state index is 12.3. The van der Waals surface area contributed by atoms with Crippen molar-refractivity contribution >= 4 is 29.1 Å². The van der Waals surface area contributed by atoms with Crippen LogP contribution in [0.3, 0.4) is 0 Å². The smallest absolute Gasteiger partial charge is 0.266 e. The second kappa shape index (κ2) is 5.96. The maximum Gasteiger partial charge on any atom is 0.266 e. The van der Waals surface area contributed by atoms with E-state index in [0.29, 0.717) is 11.4 Å². The number of amides is 2. The lowest BCUT2D eigenvalue weighted by atomic mass is 10.2. The van der Waals surface area contributed by atoms with Crippen LogP contribution in [0.4, 0.5) is 17.3 Å². The van der Waals surface area contributed by atoms with Gasteiger partial charge in [0, 0.05) is 5.69 Å². The lowest BCUT2D eigenvalue weighted by Gasteiger charge is -2.27. The van der Waals surface area contributed by atoms with Crippen molar-refractivity contribution in [2.45, 2.75) is 6.92 Å². The van der Waals surface area contributed by atoms with Gasteiger partial charge in [0.25, 0.3) is 5.91 Å². The molecule has 23 heavy (non-hydrogen) atoms. The molecule has 2 amide bonds. The van der Waals surface area contributed by atoms with Crippen molar-refractivity contribution in [3.05, 3.63) is 42.0 Å². The van der Waals surface area contributed by atoms with Gasteiger partial charge in [0.15, 0.2) is 18.2 Å². The number of fused-ring (bicyclic) bond motifs is 1. The number of nitrogen functional groups attached to an aromatic ring is 1. The van der Waals surface area contributed by atoms with Crippen LogP contribution in [0, 0.1) is 6.92 Å². The van der Waals surface area contributed by atoms with E-state index < -0.39 is 0 Å². The van der Waals surface area contributed by atoms with Gasteiger partial charge in [-0.3, -0.25) is 14.5 Å². The summed E-state index contributed by atoms with van der Waals surface area (Å²) < 4.78 is 5.30. The molecule has 0 atom stereocenters. The van der Waals surface area contributed by atoms with Crippen LogP contribution >= 0.6 is 0 Å². The van der Waals surface area contributed by atoms with Crippen LogP contribution in [0.5, 0.6) is 5.75 Å². The van der Waals surface area contributed by atoms with Crippen LogP contribution < -0.4 is 20.7 Å². The Morgan fingerprint density at radius 3 is 2.91 bits per heavy atom. The molecule has 1 aliphatic rings. The number of para-hydroxylation sites is 1. The van der Waals surface area contributed by atoms with Crippen molar-refractivity contribution in [1.29, 1.82) is 0 Å². The number of aryl methyl sites for hydroxylation is 1. The standard InChI is InChI=1S/C16H16N4O3/c1-10-4-2-3-5-11(10)18-14(21)8-20-15(22)9-23-12-6-7-13(17)19-16(12)20/h2-7H,8-9H2,1H3,(H2,17,19)(H,18,21). The summed E-state index contributed by atoms with van der Waals surface area (Å²) in [6.45, 7) is 1.61. The zero-order valence-electron chi connectivity index (χ0n) is 12.6. The Bertz CT molecular complexity index is 776. The first-order valence-corrected chi connectivity index (χ1v) is 7.10. The Kier molecular flexibility index (Phi) is 3.84. The van der Waals surface area contributed by atoms with Crippen LogP contribution in [-0.4, -0.2) is 29.9 Å². The summed E-state index contributed by atoms with van der Waals surface area (Å²) in [5.74, 6) is 0.301. The highest BCUT2D eigenvalue weighted by Crippen LogP contribution is 2.30. The molecule has 0 unspecified atom stereocenters. The molecule has 7 heteroatoms. The highest BCUT2D eigenvalue weighted by atomic mass is 16.5. The van der Waals surface area contributed by atoms with Gasteiger partial charge >= 0.3 is 0 Å². The van der Waals surface area contributed by atoms with Gasteiger partial charge in [-0.1, -0.05) is 18.2 Å². The van der Waals surface area contributed by atoms with Gasteiger partial charge in [-0.25, -0.2) is 4.98 Å². The molecule has 2 heterocycles. The Morgan fingerprint density at radius 1 is 1.35 bits per heavy atom. The Morgan fingerprint density at radius 2 is 2.13 bits per heavy atom. The molecule has 0 spiro atoms. The topological polar surface area (TPSA) is 97.5 Å². The molecule has 1 aromatic carbocycles. The van der Waals surface area contributed by atoms with E-state index >= 15 is 0 Å². The van der Waals surface area contributed by atoms with Crippen LogP contribution in [0.2, 0.25) is 0 Å². The van der Waals surface area contributed by atoms with E-state index in [1.165, 1.54) is 4.90 Å². The first-order chi connectivity index (χ1) is 11.0. The molecule has 1 aromatic heterocycles. The summed E-state index contributed by atoms with van der Waals surface area (Å²) in [7, 11) is 0. The fourth-order valence-electron chi connectivity index (χ4n) is 2.30. The van der Waals surface area contributed by atoms with E-state index in [0.717, 1.165) is 5.56 Å². The molecule has 0 radical (unpaired) electrons. The Balaban J connectivity index is 1.80. The molecule has 0 aliphatic carbocycles. The summed E-state index contributed by atoms with van der Waals surface area (Å²) in [4.78, 5) is 29.7. The molecule has 0 fully saturated rings. The lowest BCUT2D eigenvalue weighted by molar-refractivity contribution is -0.123. The number of carbonyl (C=O) groups is 2. The van der Waals surface area contributed by atoms with E-state index in [4.69, 9.17) is 10.5 Å². The number of rotatable bonds is 3. The maximum absolute atomic E-state index is 12.3. The van der Waals surface area contributed by atoms with E-state index in [2.05, 4.69) is 10.3 Å². The first-order valence-electron chi connectivity index (χ1n) is 7.10. The number of aromatic nitrogens is 1. The third-order valence-electron chi connectivity index (χ3n) is 3.49. The molecular formula is C16H16N4O3. The van der Waals surface area contributed by atoms with Crippen LogP contribution in [-0.2, 0) is 9.59 Å². The van der Waals surface area contributed by atoms with Gasteiger partial charge in [-0.15, -0.1) is 0 Å². The third kappa shape index (κ3) is 3.08. The predicted molar refractivity (Wildman–Crippen MR) is 86.3 cm³/mol. The fraction of sp³-hybridized carbons (Fsp3) is 0.188. The summed E-state index contributed by atoms with van der Waals surface area (Å²) in [6.07, 6.45) is 0. The predicted octanol–water partition coefficient (Wildman–Crippen LogP) is 1.34. The normalized spacial score (nSPS) is 13.3. The molecular weight excluding hydrogens is 296 g/mol. The largest absolute Gasteiger partial charge is 0.480 e. The minimum absolute atomic E-state index is 0.129. The summed E-state index contributed by atoms with van der Waals surface area (Å²) in [5, 5.41) is 2.79. The number of nitrogens with two attached hydrogens (primary N) is 1. The van der Waals surface area contributed by atoms with Gasteiger partial charge in [0.05, 0.1) is 0 Å². The molecule has 0 saturated heterocycles. The molecule has 3 N–H and O–H groups in total. The minimum atomic E-state index is -0.337. The monoisotopic (exact) mass is 312 g/mol. The zero-order chi connectivity index (χ0) is 16.4. The molecule has 118 valence electrons. The van der Waals surface area contributed by atoms with Crippen molar-refractivity contribution in [3.8, 4) is 5.75 Å². The fourth-order valence-corrected chi connectivity index (χ4v) is 2.30. The SMILES string of the molecule is Cc1ccccc1NC(=O)CN1C(=O)COc2ccc(N)nc21. The van der Waals surface area contributed by atoms with Gasteiger partial charge in [-0.2, -0.15) is 0 Å². The van der Waals surface area contributed by atoms with Gasteiger partial charge < -0.3 is 15.8 Å². The number of ether oxygens (including phenoxy) is 1. The van der Waals surface area contributed by atoms with Crippen molar-refractivity contribution in [2.24, 2.45) is 0 Å². The second-order valence-corrected chi connectivity index (χ2v) is 5.19. The molecule has 2 aromatic rings.